The fraction of sp³-hybridized carbons (Fsp3) is 0.350. The van der Waals surface area contributed by atoms with E-state index in [2.05, 4.69) is 0 Å². The van der Waals surface area contributed by atoms with Gasteiger partial charge in [0.25, 0.3) is 0 Å². The molecule has 1 amide bonds. The highest BCUT2D eigenvalue weighted by molar-refractivity contribution is 5.76. The molecule has 0 fully saturated rings. The summed E-state index contributed by atoms with van der Waals surface area (Å²) in [5.74, 6) is 1.83. The number of hydrogen-bond acceptors (Lipinski definition) is 3. The van der Waals surface area contributed by atoms with Gasteiger partial charge in [-0.2, -0.15) is 0 Å². The zero-order valence-corrected chi connectivity index (χ0v) is 14.6. The second kappa shape index (κ2) is 8.96. The average Bonchev–Trinajstić information content (AvgIpc) is 2.61. The first-order chi connectivity index (χ1) is 11.6. The Labute approximate surface area is 144 Å². The third-order valence-electron chi connectivity index (χ3n) is 3.99. The van der Waals surface area contributed by atoms with E-state index in [-0.39, 0.29) is 5.91 Å². The molecule has 0 atom stereocenters. The number of methoxy groups -OCH3 is 1. The van der Waals surface area contributed by atoms with E-state index < -0.39 is 0 Å². The van der Waals surface area contributed by atoms with Gasteiger partial charge in [-0.15, -0.1) is 0 Å². The molecule has 0 heterocycles. The molecule has 4 heteroatoms. The van der Waals surface area contributed by atoms with Crippen LogP contribution in [0.15, 0.2) is 48.5 Å². The third kappa shape index (κ3) is 5.30. The molecule has 0 saturated carbocycles. The van der Waals surface area contributed by atoms with Gasteiger partial charge < -0.3 is 14.4 Å². The van der Waals surface area contributed by atoms with E-state index in [1.165, 1.54) is 0 Å². The number of aryl methyl sites for hydroxylation is 2. The van der Waals surface area contributed by atoms with Crippen LogP contribution in [0.25, 0.3) is 0 Å². The summed E-state index contributed by atoms with van der Waals surface area (Å²) in [5, 5.41) is 0. The highest BCUT2D eigenvalue weighted by atomic mass is 16.5. The summed E-state index contributed by atoms with van der Waals surface area (Å²) in [6.45, 7) is 3.09. The maximum absolute atomic E-state index is 12.2. The van der Waals surface area contributed by atoms with Gasteiger partial charge in [0.05, 0.1) is 13.7 Å². The van der Waals surface area contributed by atoms with Crippen molar-refractivity contribution in [1.29, 1.82) is 0 Å². The number of amides is 1. The molecule has 0 aromatic heterocycles. The number of likely N-dealkylation sites (N-methyl/N-ethyl adjacent to an activating group) is 1. The number of para-hydroxylation sites is 1. The van der Waals surface area contributed by atoms with Crippen molar-refractivity contribution in [3.8, 4) is 11.5 Å². The average molecular weight is 327 g/mol. The van der Waals surface area contributed by atoms with Crippen LogP contribution in [0.4, 0.5) is 0 Å². The summed E-state index contributed by atoms with van der Waals surface area (Å²) in [4.78, 5) is 13.9. The smallest absolute Gasteiger partial charge is 0.222 e. The van der Waals surface area contributed by atoms with Gasteiger partial charge in [0.15, 0.2) is 0 Å². The minimum Gasteiger partial charge on any atom is -0.497 e. The molecule has 0 saturated heterocycles. The Kier molecular flexibility index (Phi) is 6.67. The summed E-state index contributed by atoms with van der Waals surface area (Å²) in [7, 11) is 3.46. The molecule has 2 aromatic rings. The van der Waals surface area contributed by atoms with Gasteiger partial charge in [-0.05, 0) is 42.7 Å². The van der Waals surface area contributed by atoms with E-state index in [0.29, 0.717) is 19.6 Å². The zero-order chi connectivity index (χ0) is 17.4. The van der Waals surface area contributed by atoms with Gasteiger partial charge >= 0.3 is 0 Å². The standard InChI is InChI=1S/C20H25NO3/c1-16-6-4-5-7-19(16)24-15-14-21(2)20(22)13-10-17-8-11-18(23-3)12-9-17/h4-9,11-12H,10,13-15H2,1-3H3. The van der Waals surface area contributed by atoms with Gasteiger partial charge in [-0.25, -0.2) is 0 Å². The van der Waals surface area contributed by atoms with E-state index in [1.54, 1.807) is 12.0 Å². The van der Waals surface area contributed by atoms with Crippen molar-refractivity contribution in [2.24, 2.45) is 0 Å². The molecule has 0 spiro atoms. The van der Waals surface area contributed by atoms with Crippen LogP contribution in [0.1, 0.15) is 17.5 Å². The second-order valence-corrected chi connectivity index (χ2v) is 5.78. The number of ether oxygens (including phenoxy) is 2. The van der Waals surface area contributed by atoms with Crippen molar-refractivity contribution in [2.45, 2.75) is 19.8 Å². The van der Waals surface area contributed by atoms with Crippen molar-refractivity contribution in [3.05, 3.63) is 59.7 Å². The monoisotopic (exact) mass is 327 g/mol. The molecule has 0 radical (unpaired) electrons. The Bertz CT molecular complexity index is 652. The van der Waals surface area contributed by atoms with Crippen molar-refractivity contribution in [1.82, 2.24) is 4.90 Å². The molecule has 128 valence electrons. The molecule has 0 aliphatic heterocycles. The lowest BCUT2D eigenvalue weighted by Crippen LogP contribution is -2.31. The number of benzene rings is 2. The Morgan fingerprint density at radius 3 is 2.46 bits per heavy atom. The predicted molar refractivity (Wildman–Crippen MR) is 95.6 cm³/mol. The molecular weight excluding hydrogens is 302 g/mol. The fourth-order valence-electron chi connectivity index (χ4n) is 2.37. The minimum atomic E-state index is 0.124. The largest absolute Gasteiger partial charge is 0.497 e. The Balaban J connectivity index is 1.72. The maximum Gasteiger partial charge on any atom is 0.222 e. The molecular formula is C20H25NO3. The number of carbonyl (C=O) groups is 1. The number of nitrogens with zero attached hydrogens (tertiary/aromatic N) is 1. The first-order valence-corrected chi connectivity index (χ1v) is 8.15. The summed E-state index contributed by atoms with van der Waals surface area (Å²) in [6, 6.07) is 15.7. The summed E-state index contributed by atoms with van der Waals surface area (Å²) >= 11 is 0. The molecule has 24 heavy (non-hydrogen) atoms. The van der Waals surface area contributed by atoms with Gasteiger partial charge in [0.1, 0.15) is 18.1 Å². The van der Waals surface area contributed by atoms with E-state index in [0.717, 1.165) is 29.0 Å². The number of hydrogen-bond donors (Lipinski definition) is 0. The fourth-order valence-corrected chi connectivity index (χ4v) is 2.37. The molecule has 0 unspecified atom stereocenters. The molecule has 4 nitrogen and oxygen atoms in total. The quantitative estimate of drug-likeness (QED) is 0.745. The first-order valence-electron chi connectivity index (χ1n) is 8.15. The van der Waals surface area contributed by atoms with Crippen molar-refractivity contribution >= 4 is 5.91 Å². The molecule has 2 rings (SSSR count). The van der Waals surface area contributed by atoms with Crippen molar-refractivity contribution in [3.63, 3.8) is 0 Å². The number of rotatable bonds is 8. The maximum atomic E-state index is 12.2. The SMILES string of the molecule is COc1ccc(CCC(=O)N(C)CCOc2ccccc2C)cc1. The summed E-state index contributed by atoms with van der Waals surface area (Å²) < 4.78 is 10.9. The Hall–Kier alpha value is -2.49. The molecule has 0 bridgehead atoms. The Morgan fingerprint density at radius 2 is 1.79 bits per heavy atom. The van der Waals surface area contributed by atoms with Crippen LogP contribution in [0.2, 0.25) is 0 Å². The van der Waals surface area contributed by atoms with Crippen LogP contribution in [-0.4, -0.2) is 38.1 Å². The van der Waals surface area contributed by atoms with E-state index in [4.69, 9.17) is 9.47 Å². The van der Waals surface area contributed by atoms with Crippen molar-refractivity contribution in [2.75, 3.05) is 27.3 Å². The van der Waals surface area contributed by atoms with Crippen LogP contribution in [0.5, 0.6) is 11.5 Å². The predicted octanol–water partition coefficient (Wildman–Crippen LogP) is 3.47. The van der Waals surface area contributed by atoms with Gasteiger partial charge in [0, 0.05) is 13.5 Å². The summed E-state index contributed by atoms with van der Waals surface area (Å²) in [5.41, 5.74) is 2.24. The highest BCUT2D eigenvalue weighted by Crippen LogP contribution is 2.16. The molecule has 0 aliphatic rings. The summed E-state index contributed by atoms with van der Waals surface area (Å²) in [6.07, 6.45) is 1.22. The van der Waals surface area contributed by atoms with Gasteiger partial charge in [0.2, 0.25) is 5.91 Å². The molecule has 0 N–H and O–H groups in total. The Morgan fingerprint density at radius 1 is 1.08 bits per heavy atom. The van der Waals surface area contributed by atoms with Crippen LogP contribution in [-0.2, 0) is 11.2 Å². The third-order valence-corrected chi connectivity index (χ3v) is 3.99. The van der Waals surface area contributed by atoms with Crippen LogP contribution in [0, 0.1) is 6.92 Å². The lowest BCUT2D eigenvalue weighted by molar-refractivity contribution is -0.130. The van der Waals surface area contributed by atoms with Gasteiger partial charge in [-0.3, -0.25) is 4.79 Å². The van der Waals surface area contributed by atoms with Gasteiger partial charge in [-0.1, -0.05) is 30.3 Å². The van der Waals surface area contributed by atoms with E-state index in [9.17, 15) is 4.79 Å². The minimum absolute atomic E-state index is 0.124. The van der Waals surface area contributed by atoms with Crippen LogP contribution >= 0.6 is 0 Å². The normalized spacial score (nSPS) is 10.3. The van der Waals surface area contributed by atoms with Crippen molar-refractivity contribution < 1.29 is 14.3 Å². The van der Waals surface area contributed by atoms with Crippen LogP contribution in [0.3, 0.4) is 0 Å². The van der Waals surface area contributed by atoms with E-state index >= 15 is 0 Å². The zero-order valence-electron chi connectivity index (χ0n) is 14.6. The lowest BCUT2D eigenvalue weighted by Gasteiger charge is -2.18. The first kappa shape index (κ1) is 17.9. The topological polar surface area (TPSA) is 38.8 Å². The van der Waals surface area contributed by atoms with E-state index in [1.807, 2.05) is 62.5 Å². The second-order valence-electron chi connectivity index (χ2n) is 5.78. The molecule has 0 aliphatic carbocycles. The highest BCUT2D eigenvalue weighted by Gasteiger charge is 2.09. The van der Waals surface area contributed by atoms with Crippen LogP contribution < -0.4 is 9.47 Å². The number of carbonyl (C=O) groups excluding carboxylic acids is 1. The molecule has 2 aromatic carbocycles. The lowest BCUT2D eigenvalue weighted by atomic mass is 10.1.